The molecule has 1 aliphatic carbocycles. The number of aromatic carboxylic acids is 1. The largest absolute Gasteiger partial charge is 0.478 e. The van der Waals surface area contributed by atoms with Gasteiger partial charge in [0.25, 0.3) is 0 Å². The number of carboxylic acids is 1. The van der Waals surface area contributed by atoms with Crippen molar-refractivity contribution in [3.05, 3.63) is 52.2 Å². The van der Waals surface area contributed by atoms with E-state index >= 15 is 0 Å². The molecule has 0 atom stereocenters. The number of pyridine rings is 1. The summed E-state index contributed by atoms with van der Waals surface area (Å²) in [6, 6.07) is 9.00. The fraction of sp³-hybridized carbons (Fsp3) is 0.200. The fourth-order valence-electron chi connectivity index (χ4n) is 2.49. The van der Waals surface area contributed by atoms with Crippen molar-refractivity contribution >= 4 is 29.1 Å². The summed E-state index contributed by atoms with van der Waals surface area (Å²) in [5.41, 5.74) is 3.62. The number of anilines is 2. The molecule has 0 unspecified atom stereocenters. The molecule has 0 saturated heterocycles. The molecule has 1 heterocycles. The van der Waals surface area contributed by atoms with Gasteiger partial charge in [-0.05, 0) is 54.7 Å². The number of aromatic nitrogens is 1. The summed E-state index contributed by atoms with van der Waals surface area (Å²) in [5, 5.41) is 12.5. The summed E-state index contributed by atoms with van der Waals surface area (Å²) in [7, 11) is 0. The van der Waals surface area contributed by atoms with E-state index in [0.29, 0.717) is 0 Å². The first-order valence-electron chi connectivity index (χ1n) is 6.42. The van der Waals surface area contributed by atoms with Crippen molar-refractivity contribution in [3.8, 4) is 0 Å². The third kappa shape index (κ3) is 2.47. The van der Waals surface area contributed by atoms with Crippen molar-refractivity contribution < 1.29 is 9.90 Å². The molecule has 2 aromatic rings. The van der Waals surface area contributed by atoms with Gasteiger partial charge in [-0.15, -0.1) is 0 Å². The smallest absolute Gasteiger partial charge is 0.339 e. The first-order chi connectivity index (χ1) is 9.63. The van der Waals surface area contributed by atoms with E-state index in [1.165, 1.54) is 29.7 Å². The Bertz CT molecular complexity index is 686. The topological polar surface area (TPSA) is 62.2 Å². The van der Waals surface area contributed by atoms with Crippen LogP contribution in [-0.2, 0) is 12.8 Å². The number of nitrogens with zero attached hydrogens (tertiary/aromatic N) is 1. The number of halogens is 1. The Labute approximate surface area is 121 Å². The molecule has 0 saturated carbocycles. The molecule has 0 aliphatic heterocycles. The summed E-state index contributed by atoms with van der Waals surface area (Å²) in [6.07, 6.45) is 3.36. The van der Waals surface area contributed by atoms with Crippen molar-refractivity contribution in [1.82, 2.24) is 4.98 Å². The third-order valence-electron chi connectivity index (χ3n) is 3.45. The fourth-order valence-corrected chi connectivity index (χ4v) is 2.64. The van der Waals surface area contributed by atoms with Crippen LogP contribution in [0.5, 0.6) is 0 Å². The molecule has 5 heteroatoms. The van der Waals surface area contributed by atoms with Gasteiger partial charge in [-0.1, -0.05) is 17.7 Å². The van der Waals surface area contributed by atoms with E-state index in [0.717, 1.165) is 18.5 Å². The Morgan fingerprint density at radius 2 is 2.00 bits per heavy atom. The first-order valence-corrected chi connectivity index (χ1v) is 6.80. The zero-order valence-electron chi connectivity index (χ0n) is 10.7. The summed E-state index contributed by atoms with van der Waals surface area (Å²) in [6.45, 7) is 0. The molecule has 2 N–H and O–H groups in total. The van der Waals surface area contributed by atoms with Crippen LogP contribution in [0.15, 0.2) is 30.3 Å². The van der Waals surface area contributed by atoms with E-state index in [9.17, 15) is 4.79 Å². The first kappa shape index (κ1) is 12.9. The predicted octanol–water partition coefficient (Wildman–Crippen LogP) is 3.67. The maximum absolute atomic E-state index is 11.2. The molecule has 0 spiro atoms. The van der Waals surface area contributed by atoms with Gasteiger partial charge in [0.2, 0.25) is 0 Å². The van der Waals surface area contributed by atoms with Crippen LogP contribution in [0.2, 0.25) is 5.15 Å². The normalized spacial score (nSPS) is 13.1. The van der Waals surface area contributed by atoms with E-state index in [2.05, 4.69) is 22.4 Å². The van der Waals surface area contributed by atoms with Gasteiger partial charge in [0.05, 0.1) is 0 Å². The minimum atomic E-state index is -1.03. The second-order valence-corrected chi connectivity index (χ2v) is 5.18. The molecule has 0 amide bonds. The summed E-state index contributed by atoms with van der Waals surface area (Å²) < 4.78 is 0. The van der Waals surface area contributed by atoms with Crippen LogP contribution < -0.4 is 5.32 Å². The van der Waals surface area contributed by atoms with Crippen LogP contribution in [0.4, 0.5) is 11.5 Å². The number of rotatable bonds is 3. The van der Waals surface area contributed by atoms with Crippen LogP contribution in [0.1, 0.15) is 27.9 Å². The van der Waals surface area contributed by atoms with Crippen molar-refractivity contribution in [3.63, 3.8) is 0 Å². The number of carbonyl (C=O) groups is 1. The Morgan fingerprint density at radius 1 is 1.20 bits per heavy atom. The molecule has 20 heavy (non-hydrogen) atoms. The van der Waals surface area contributed by atoms with E-state index in [4.69, 9.17) is 16.7 Å². The average molecular weight is 289 g/mol. The number of aryl methyl sites for hydroxylation is 2. The van der Waals surface area contributed by atoms with Gasteiger partial charge in [0, 0.05) is 5.69 Å². The minimum Gasteiger partial charge on any atom is -0.478 e. The summed E-state index contributed by atoms with van der Waals surface area (Å²) in [5.74, 6) is -0.763. The number of fused-ring (bicyclic) bond motifs is 1. The second kappa shape index (κ2) is 5.13. The van der Waals surface area contributed by atoms with E-state index in [1.807, 2.05) is 6.07 Å². The zero-order valence-corrected chi connectivity index (χ0v) is 11.4. The minimum absolute atomic E-state index is 0.106. The van der Waals surface area contributed by atoms with E-state index < -0.39 is 5.97 Å². The maximum atomic E-state index is 11.2. The highest BCUT2D eigenvalue weighted by Crippen LogP contribution is 2.27. The molecular weight excluding hydrogens is 276 g/mol. The lowest BCUT2D eigenvalue weighted by Gasteiger charge is -2.10. The van der Waals surface area contributed by atoms with Crippen LogP contribution in [0.25, 0.3) is 0 Å². The van der Waals surface area contributed by atoms with Gasteiger partial charge < -0.3 is 10.4 Å². The van der Waals surface area contributed by atoms with Crippen LogP contribution in [0, 0.1) is 0 Å². The number of hydrogen-bond acceptors (Lipinski definition) is 3. The summed E-state index contributed by atoms with van der Waals surface area (Å²) in [4.78, 5) is 15.2. The molecule has 1 aromatic carbocycles. The van der Waals surface area contributed by atoms with E-state index in [1.54, 1.807) is 0 Å². The Morgan fingerprint density at radius 3 is 2.80 bits per heavy atom. The quantitative estimate of drug-likeness (QED) is 0.846. The Hall–Kier alpha value is -2.07. The van der Waals surface area contributed by atoms with Crippen LogP contribution in [0.3, 0.4) is 0 Å². The standard InChI is InChI=1S/C15H13ClN2O2/c16-13-7-6-12(15(19)20)14(18-13)17-11-5-4-9-2-1-3-10(9)8-11/h4-8H,1-3H2,(H,17,18)(H,19,20). The molecule has 1 aliphatic rings. The summed E-state index contributed by atoms with van der Waals surface area (Å²) >= 11 is 5.84. The number of hydrogen-bond donors (Lipinski definition) is 2. The SMILES string of the molecule is O=C(O)c1ccc(Cl)nc1Nc1ccc2c(c1)CCC2. The van der Waals surface area contributed by atoms with Gasteiger partial charge in [-0.2, -0.15) is 0 Å². The molecule has 1 aromatic heterocycles. The lowest BCUT2D eigenvalue weighted by atomic mass is 10.1. The lowest BCUT2D eigenvalue weighted by Crippen LogP contribution is -2.05. The highest BCUT2D eigenvalue weighted by Gasteiger charge is 2.14. The lowest BCUT2D eigenvalue weighted by molar-refractivity contribution is 0.0697. The van der Waals surface area contributed by atoms with Crippen molar-refractivity contribution in [2.24, 2.45) is 0 Å². The van der Waals surface area contributed by atoms with Gasteiger partial charge in [0.15, 0.2) is 0 Å². The second-order valence-electron chi connectivity index (χ2n) is 4.80. The molecule has 3 rings (SSSR count). The van der Waals surface area contributed by atoms with Gasteiger partial charge >= 0.3 is 5.97 Å². The van der Waals surface area contributed by atoms with Gasteiger partial charge in [-0.3, -0.25) is 0 Å². The Kier molecular flexibility index (Phi) is 3.32. The number of nitrogens with one attached hydrogen (secondary N) is 1. The molecule has 4 nitrogen and oxygen atoms in total. The molecular formula is C15H13ClN2O2. The highest BCUT2D eigenvalue weighted by molar-refractivity contribution is 6.29. The molecule has 102 valence electrons. The maximum Gasteiger partial charge on any atom is 0.339 e. The van der Waals surface area contributed by atoms with Crippen molar-refractivity contribution in [2.45, 2.75) is 19.3 Å². The van der Waals surface area contributed by atoms with E-state index in [-0.39, 0.29) is 16.5 Å². The predicted molar refractivity (Wildman–Crippen MR) is 78.0 cm³/mol. The van der Waals surface area contributed by atoms with Crippen molar-refractivity contribution in [1.29, 1.82) is 0 Å². The van der Waals surface area contributed by atoms with Crippen LogP contribution in [-0.4, -0.2) is 16.1 Å². The third-order valence-corrected chi connectivity index (χ3v) is 3.66. The highest BCUT2D eigenvalue weighted by atomic mass is 35.5. The Balaban J connectivity index is 1.95. The monoisotopic (exact) mass is 288 g/mol. The van der Waals surface area contributed by atoms with Gasteiger partial charge in [-0.25, -0.2) is 9.78 Å². The number of carboxylic acid groups (broad SMARTS) is 1. The molecule has 0 radical (unpaired) electrons. The van der Waals surface area contributed by atoms with Crippen LogP contribution >= 0.6 is 11.6 Å². The molecule has 0 fully saturated rings. The number of benzene rings is 1. The average Bonchev–Trinajstić information content (AvgIpc) is 2.85. The van der Waals surface area contributed by atoms with Gasteiger partial charge in [0.1, 0.15) is 16.5 Å². The zero-order chi connectivity index (χ0) is 14.1. The van der Waals surface area contributed by atoms with Crippen molar-refractivity contribution in [2.75, 3.05) is 5.32 Å². The molecule has 0 bridgehead atoms.